The number of aliphatic hydroxyl groups is 2. The number of hydrogen-bond acceptors (Lipinski definition) is 6. The minimum Gasteiger partial charge on any atom is -0.382 e. The Bertz CT molecular complexity index is 270. The molecular formula is C5H6O8S. The molecule has 0 amide bonds. The lowest BCUT2D eigenvalue weighted by atomic mass is 10.2. The third kappa shape index (κ3) is 3.05. The van der Waals surface area contributed by atoms with E-state index in [1.165, 1.54) is 0 Å². The van der Waals surface area contributed by atoms with E-state index in [1.54, 1.807) is 0 Å². The first-order valence-corrected chi connectivity index (χ1v) is 4.13. The van der Waals surface area contributed by atoms with Crippen LogP contribution in [0.4, 0.5) is 0 Å². The van der Waals surface area contributed by atoms with E-state index in [0.29, 0.717) is 0 Å². The molecule has 0 saturated heterocycles. The van der Waals surface area contributed by atoms with Crippen molar-refractivity contribution in [3.63, 3.8) is 0 Å². The topological polar surface area (TPSA) is 149 Å². The molecule has 80 valence electrons. The fourth-order valence-electron chi connectivity index (χ4n) is 0.677. The van der Waals surface area contributed by atoms with E-state index in [1.807, 2.05) is 0 Å². The zero-order valence-corrected chi connectivity index (χ0v) is 7.30. The van der Waals surface area contributed by atoms with Gasteiger partial charge in [-0.3, -0.25) is 23.5 Å². The average molecular weight is 226 g/mol. The van der Waals surface area contributed by atoms with Crippen molar-refractivity contribution < 1.29 is 37.9 Å². The van der Waals surface area contributed by atoms with Crippen LogP contribution in [0.15, 0.2) is 0 Å². The quantitative estimate of drug-likeness (QED) is 0.254. The molecule has 0 radical (unpaired) electrons. The molecule has 14 heavy (non-hydrogen) atoms. The molecular weight excluding hydrogens is 220 g/mol. The van der Waals surface area contributed by atoms with Crippen LogP contribution < -0.4 is 0 Å². The van der Waals surface area contributed by atoms with Gasteiger partial charge in [-0.25, -0.2) is 0 Å². The largest absolute Gasteiger partial charge is 0.382 e. The zero-order chi connectivity index (χ0) is 11.5. The number of aliphatic hydroxyl groups excluding tert-OH is 2. The van der Waals surface area contributed by atoms with Gasteiger partial charge in [-0.05, 0) is 0 Å². The Balaban J connectivity index is 0.000000364. The summed E-state index contributed by atoms with van der Waals surface area (Å²) < 4.78 is 22.8. The van der Waals surface area contributed by atoms with Crippen LogP contribution in [-0.4, -0.2) is 53.1 Å². The summed E-state index contributed by atoms with van der Waals surface area (Å²) in [6, 6.07) is 0. The van der Waals surface area contributed by atoms with Gasteiger partial charge >= 0.3 is 0 Å². The first-order chi connectivity index (χ1) is 6.29. The summed E-state index contributed by atoms with van der Waals surface area (Å²) in [5, 5.41) is 17.1. The second-order valence-corrected chi connectivity index (χ2v) is 2.64. The van der Waals surface area contributed by atoms with Crippen LogP contribution in [0.1, 0.15) is 0 Å². The Morgan fingerprint density at radius 1 is 0.929 bits per heavy atom. The summed E-state index contributed by atoms with van der Waals surface area (Å²) in [7, 11) is 0. The molecule has 1 aliphatic rings. The Labute approximate surface area is 79.7 Å². The second kappa shape index (κ2) is 5.02. The van der Waals surface area contributed by atoms with Gasteiger partial charge in [0.2, 0.25) is 11.6 Å². The fourth-order valence-corrected chi connectivity index (χ4v) is 0.677. The lowest BCUT2D eigenvalue weighted by molar-refractivity contribution is -0.141. The molecule has 0 bridgehead atoms. The van der Waals surface area contributed by atoms with Crippen molar-refractivity contribution in [3.8, 4) is 0 Å². The van der Waals surface area contributed by atoms with E-state index in [2.05, 4.69) is 0 Å². The second-order valence-electron chi connectivity index (χ2n) is 2.18. The normalized spacial score (nSPS) is 26.5. The predicted octanol–water partition coefficient (Wildman–Crippen LogP) is -2.89. The third-order valence-electron chi connectivity index (χ3n) is 1.28. The van der Waals surface area contributed by atoms with Crippen molar-refractivity contribution in [2.45, 2.75) is 12.2 Å². The first-order valence-electron chi connectivity index (χ1n) is 3.07. The van der Waals surface area contributed by atoms with Crippen molar-refractivity contribution in [2.24, 2.45) is 0 Å². The zero-order valence-electron chi connectivity index (χ0n) is 6.48. The Morgan fingerprint density at radius 3 is 1.21 bits per heavy atom. The monoisotopic (exact) mass is 226 g/mol. The maximum absolute atomic E-state index is 10.3. The molecule has 0 aromatic rings. The number of carbonyl (C=O) groups is 3. The Hall–Kier alpha value is -1.00. The molecule has 8 nitrogen and oxygen atoms in total. The van der Waals surface area contributed by atoms with Crippen LogP contribution in [0.2, 0.25) is 0 Å². The van der Waals surface area contributed by atoms with Crippen LogP contribution in [0.3, 0.4) is 0 Å². The first kappa shape index (κ1) is 13.0. The molecule has 0 aliphatic heterocycles. The van der Waals surface area contributed by atoms with E-state index in [9.17, 15) is 14.4 Å². The lowest BCUT2D eigenvalue weighted by Crippen LogP contribution is -2.27. The predicted molar refractivity (Wildman–Crippen MR) is 40.4 cm³/mol. The van der Waals surface area contributed by atoms with Crippen LogP contribution in [-0.2, 0) is 25.7 Å². The van der Waals surface area contributed by atoms with Crippen molar-refractivity contribution >= 4 is 28.7 Å². The molecule has 1 saturated carbocycles. The Kier molecular flexibility index (Phi) is 4.67. The third-order valence-corrected chi connectivity index (χ3v) is 1.28. The number of ketones is 3. The van der Waals surface area contributed by atoms with Gasteiger partial charge in [-0.1, -0.05) is 0 Å². The minimum absolute atomic E-state index is 1.22. The number of hydrogen-bond donors (Lipinski definition) is 4. The molecule has 4 N–H and O–H groups in total. The van der Waals surface area contributed by atoms with Gasteiger partial charge in [0.25, 0.3) is 17.1 Å². The van der Waals surface area contributed by atoms with Gasteiger partial charge in [0.1, 0.15) is 0 Å². The molecule has 1 fully saturated rings. The molecule has 9 heteroatoms. The van der Waals surface area contributed by atoms with Crippen molar-refractivity contribution in [3.05, 3.63) is 0 Å². The molecule has 1 rings (SSSR count). The lowest BCUT2D eigenvalue weighted by Gasteiger charge is -1.99. The van der Waals surface area contributed by atoms with Gasteiger partial charge in [0.15, 0.2) is 12.2 Å². The van der Waals surface area contributed by atoms with Crippen LogP contribution in [0.5, 0.6) is 0 Å². The van der Waals surface area contributed by atoms with Crippen molar-refractivity contribution in [2.75, 3.05) is 0 Å². The molecule has 0 aromatic carbocycles. The molecule has 2 atom stereocenters. The average Bonchev–Trinajstić information content (AvgIpc) is 2.23. The van der Waals surface area contributed by atoms with Crippen molar-refractivity contribution in [1.29, 1.82) is 0 Å². The van der Waals surface area contributed by atoms with E-state index in [4.69, 9.17) is 23.5 Å². The van der Waals surface area contributed by atoms with E-state index < -0.39 is 40.9 Å². The molecule has 2 unspecified atom stereocenters. The highest BCUT2D eigenvalue weighted by molar-refractivity contribution is 7.73. The van der Waals surface area contributed by atoms with Gasteiger partial charge < -0.3 is 10.2 Å². The van der Waals surface area contributed by atoms with Crippen LogP contribution in [0.25, 0.3) is 0 Å². The maximum atomic E-state index is 10.3. The molecule has 0 spiro atoms. The fraction of sp³-hybridized carbons (Fsp3) is 0.400. The summed E-state index contributed by atoms with van der Waals surface area (Å²) in [6.45, 7) is 0. The highest BCUT2D eigenvalue weighted by atomic mass is 32.2. The highest BCUT2D eigenvalue weighted by Gasteiger charge is 2.47. The Morgan fingerprint density at radius 2 is 1.14 bits per heavy atom. The molecule has 0 aromatic heterocycles. The standard InChI is InChI=1S/C5H4O5.H2O3S/c6-1-2(7)4(9)5(10)3(1)8;1-4(2)3/h1-2,6-7H;(H2,1,2,3). The molecule has 1 aliphatic carbocycles. The molecule has 0 heterocycles. The number of Topliss-reactive ketones (excluding diaryl/α,β-unsaturated/α-hetero) is 3. The summed E-state index contributed by atoms with van der Waals surface area (Å²) in [5.41, 5.74) is 0. The van der Waals surface area contributed by atoms with Gasteiger partial charge in [0, 0.05) is 0 Å². The number of rotatable bonds is 0. The van der Waals surface area contributed by atoms with Crippen LogP contribution in [0, 0.1) is 0 Å². The van der Waals surface area contributed by atoms with Gasteiger partial charge in [0.05, 0.1) is 0 Å². The SMILES string of the molecule is O=C1C(=O)C(O)C(O)C1=O.O=S(O)O. The van der Waals surface area contributed by atoms with Crippen molar-refractivity contribution in [1.82, 2.24) is 0 Å². The summed E-state index contributed by atoms with van der Waals surface area (Å²) >= 11 is -2.61. The van der Waals surface area contributed by atoms with Crippen LogP contribution >= 0.6 is 0 Å². The summed E-state index contributed by atoms with van der Waals surface area (Å²) in [4.78, 5) is 31.0. The maximum Gasteiger partial charge on any atom is 0.299 e. The minimum atomic E-state index is -2.61. The smallest absolute Gasteiger partial charge is 0.299 e. The van der Waals surface area contributed by atoms with E-state index in [-0.39, 0.29) is 0 Å². The summed E-state index contributed by atoms with van der Waals surface area (Å²) in [5.74, 6) is -3.77. The summed E-state index contributed by atoms with van der Waals surface area (Å²) in [6.07, 6.45) is -3.69. The van der Waals surface area contributed by atoms with Gasteiger partial charge in [-0.15, -0.1) is 0 Å². The highest BCUT2D eigenvalue weighted by Crippen LogP contribution is 2.07. The van der Waals surface area contributed by atoms with E-state index in [0.717, 1.165) is 0 Å². The van der Waals surface area contributed by atoms with E-state index >= 15 is 0 Å². The van der Waals surface area contributed by atoms with Gasteiger partial charge in [-0.2, -0.15) is 4.21 Å². The number of carbonyl (C=O) groups excluding carboxylic acids is 3.